The zero-order chi connectivity index (χ0) is 12.1. The van der Waals surface area contributed by atoms with Gasteiger partial charge in [-0.05, 0) is 49.2 Å². The Kier molecular flexibility index (Phi) is 4.28. The van der Waals surface area contributed by atoms with Crippen molar-refractivity contribution in [2.45, 2.75) is 32.9 Å². The van der Waals surface area contributed by atoms with Gasteiger partial charge in [0, 0.05) is 6.04 Å². The maximum absolute atomic E-state index is 4.26. The number of hydrogen-bond acceptors (Lipinski definition) is 4. The molecule has 0 spiro atoms. The first-order chi connectivity index (χ1) is 8.27. The molecule has 2 aromatic heterocycles. The summed E-state index contributed by atoms with van der Waals surface area (Å²) in [6, 6.07) is 2.54. The Labute approximate surface area is 106 Å². The molecule has 0 aliphatic carbocycles. The highest BCUT2D eigenvalue weighted by molar-refractivity contribution is 7.07. The van der Waals surface area contributed by atoms with Crippen LogP contribution in [0.15, 0.2) is 23.2 Å². The maximum atomic E-state index is 4.26. The summed E-state index contributed by atoms with van der Waals surface area (Å²) in [7, 11) is 0. The second kappa shape index (κ2) is 5.93. The SMILES string of the molecule is CC(C)n1ncnc1CNCCc1ccsc1. The van der Waals surface area contributed by atoms with Gasteiger partial charge in [0.15, 0.2) is 0 Å². The molecular formula is C12H18N4S. The first kappa shape index (κ1) is 12.3. The van der Waals surface area contributed by atoms with Crippen molar-refractivity contribution >= 4 is 11.3 Å². The maximum Gasteiger partial charge on any atom is 0.141 e. The van der Waals surface area contributed by atoms with E-state index >= 15 is 0 Å². The molecule has 5 heteroatoms. The average molecular weight is 250 g/mol. The molecule has 0 amide bonds. The van der Waals surface area contributed by atoms with Crippen LogP contribution in [-0.2, 0) is 13.0 Å². The minimum atomic E-state index is 0.367. The van der Waals surface area contributed by atoms with E-state index in [1.54, 1.807) is 17.7 Å². The molecular weight excluding hydrogens is 232 g/mol. The molecule has 0 unspecified atom stereocenters. The summed E-state index contributed by atoms with van der Waals surface area (Å²) >= 11 is 1.75. The topological polar surface area (TPSA) is 42.7 Å². The molecule has 0 aliphatic heterocycles. The highest BCUT2D eigenvalue weighted by Gasteiger charge is 2.06. The smallest absolute Gasteiger partial charge is 0.141 e. The summed E-state index contributed by atoms with van der Waals surface area (Å²) < 4.78 is 1.96. The monoisotopic (exact) mass is 250 g/mol. The number of nitrogens with zero attached hydrogens (tertiary/aromatic N) is 3. The first-order valence-corrected chi connectivity index (χ1v) is 6.82. The van der Waals surface area contributed by atoms with Crippen LogP contribution in [-0.4, -0.2) is 21.3 Å². The fraction of sp³-hybridized carbons (Fsp3) is 0.500. The van der Waals surface area contributed by atoms with Crippen LogP contribution in [0.4, 0.5) is 0 Å². The van der Waals surface area contributed by atoms with Gasteiger partial charge < -0.3 is 5.32 Å². The van der Waals surface area contributed by atoms with E-state index in [2.05, 4.69) is 46.1 Å². The highest BCUT2D eigenvalue weighted by Crippen LogP contribution is 2.06. The molecule has 0 aromatic carbocycles. The molecule has 0 bridgehead atoms. The van der Waals surface area contributed by atoms with E-state index in [1.165, 1.54) is 5.56 Å². The third-order valence-electron chi connectivity index (χ3n) is 2.59. The van der Waals surface area contributed by atoms with Gasteiger partial charge >= 0.3 is 0 Å². The normalized spacial score (nSPS) is 11.2. The van der Waals surface area contributed by atoms with Gasteiger partial charge in [-0.25, -0.2) is 9.67 Å². The Morgan fingerprint density at radius 3 is 3.06 bits per heavy atom. The lowest BCUT2D eigenvalue weighted by Crippen LogP contribution is -2.20. The van der Waals surface area contributed by atoms with Gasteiger partial charge in [-0.2, -0.15) is 16.4 Å². The summed E-state index contributed by atoms with van der Waals surface area (Å²) in [5.41, 5.74) is 1.40. The minimum absolute atomic E-state index is 0.367. The second-order valence-corrected chi connectivity index (χ2v) is 5.05. The van der Waals surface area contributed by atoms with E-state index in [1.807, 2.05) is 4.68 Å². The predicted molar refractivity (Wildman–Crippen MR) is 70.1 cm³/mol. The Morgan fingerprint density at radius 2 is 2.35 bits per heavy atom. The largest absolute Gasteiger partial charge is 0.310 e. The molecule has 0 aliphatic rings. The van der Waals surface area contributed by atoms with Crippen molar-refractivity contribution < 1.29 is 0 Å². The molecule has 2 rings (SSSR count). The predicted octanol–water partition coefficient (Wildman–Crippen LogP) is 2.25. The highest BCUT2D eigenvalue weighted by atomic mass is 32.1. The summed E-state index contributed by atoms with van der Waals surface area (Å²) in [5, 5.41) is 11.9. The molecule has 0 saturated heterocycles. The molecule has 92 valence electrons. The average Bonchev–Trinajstić information content (AvgIpc) is 2.95. The van der Waals surface area contributed by atoms with Crippen molar-refractivity contribution in [2.75, 3.05) is 6.54 Å². The summed E-state index contributed by atoms with van der Waals surface area (Å²) in [4.78, 5) is 4.26. The Bertz CT molecular complexity index is 433. The molecule has 2 aromatic rings. The third-order valence-corrected chi connectivity index (χ3v) is 3.32. The fourth-order valence-corrected chi connectivity index (χ4v) is 2.40. The van der Waals surface area contributed by atoms with Gasteiger partial charge in [-0.15, -0.1) is 0 Å². The van der Waals surface area contributed by atoms with E-state index in [9.17, 15) is 0 Å². The molecule has 1 N–H and O–H groups in total. The number of aromatic nitrogens is 3. The number of thiophene rings is 1. The molecule has 0 atom stereocenters. The van der Waals surface area contributed by atoms with Crippen LogP contribution in [0.5, 0.6) is 0 Å². The van der Waals surface area contributed by atoms with Crippen LogP contribution in [0.25, 0.3) is 0 Å². The number of rotatable bonds is 6. The van der Waals surface area contributed by atoms with Crippen LogP contribution in [0.2, 0.25) is 0 Å². The zero-order valence-electron chi connectivity index (χ0n) is 10.3. The van der Waals surface area contributed by atoms with Crippen LogP contribution in [0, 0.1) is 0 Å². The van der Waals surface area contributed by atoms with Crippen molar-refractivity contribution in [1.82, 2.24) is 20.1 Å². The van der Waals surface area contributed by atoms with Crippen molar-refractivity contribution in [3.8, 4) is 0 Å². The summed E-state index contributed by atoms with van der Waals surface area (Å²) in [6.07, 6.45) is 2.69. The Balaban J connectivity index is 1.76. The lowest BCUT2D eigenvalue weighted by molar-refractivity contribution is 0.490. The number of nitrogens with one attached hydrogen (secondary N) is 1. The molecule has 2 heterocycles. The van der Waals surface area contributed by atoms with Gasteiger partial charge in [0.1, 0.15) is 12.2 Å². The summed E-state index contributed by atoms with van der Waals surface area (Å²) in [5.74, 6) is 1.00. The van der Waals surface area contributed by atoms with E-state index in [0.717, 1.165) is 25.3 Å². The van der Waals surface area contributed by atoms with Crippen molar-refractivity contribution in [3.63, 3.8) is 0 Å². The van der Waals surface area contributed by atoms with Crippen LogP contribution < -0.4 is 5.32 Å². The van der Waals surface area contributed by atoms with E-state index in [4.69, 9.17) is 0 Å². The van der Waals surface area contributed by atoms with E-state index < -0.39 is 0 Å². The Hall–Kier alpha value is -1.20. The van der Waals surface area contributed by atoms with Gasteiger partial charge in [0.05, 0.1) is 6.54 Å². The van der Waals surface area contributed by atoms with Crippen LogP contribution in [0.1, 0.15) is 31.3 Å². The van der Waals surface area contributed by atoms with E-state index in [-0.39, 0.29) is 0 Å². The minimum Gasteiger partial charge on any atom is -0.310 e. The fourth-order valence-electron chi connectivity index (χ4n) is 1.70. The Morgan fingerprint density at radius 1 is 1.47 bits per heavy atom. The van der Waals surface area contributed by atoms with Gasteiger partial charge in [-0.3, -0.25) is 0 Å². The van der Waals surface area contributed by atoms with Crippen LogP contribution >= 0.6 is 11.3 Å². The van der Waals surface area contributed by atoms with Gasteiger partial charge in [-0.1, -0.05) is 0 Å². The van der Waals surface area contributed by atoms with Gasteiger partial charge in [0.25, 0.3) is 0 Å². The van der Waals surface area contributed by atoms with Crippen molar-refractivity contribution in [3.05, 3.63) is 34.5 Å². The lowest BCUT2D eigenvalue weighted by atomic mass is 10.2. The second-order valence-electron chi connectivity index (χ2n) is 4.27. The van der Waals surface area contributed by atoms with Crippen molar-refractivity contribution in [2.24, 2.45) is 0 Å². The standard InChI is InChI=1S/C12H18N4S/c1-10(2)16-12(14-9-15-16)7-13-5-3-11-4-6-17-8-11/h4,6,8-10,13H,3,5,7H2,1-2H3. The number of hydrogen-bond donors (Lipinski definition) is 1. The van der Waals surface area contributed by atoms with Crippen molar-refractivity contribution in [1.29, 1.82) is 0 Å². The molecule has 0 saturated carbocycles. The molecule has 0 radical (unpaired) electrons. The molecule has 17 heavy (non-hydrogen) atoms. The lowest BCUT2D eigenvalue weighted by Gasteiger charge is -2.09. The zero-order valence-corrected chi connectivity index (χ0v) is 11.1. The van der Waals surface area contributed by atoms with Gasteiger partial charge in [0.2, 0.25) is 0 Å². The summed E-state index contributed by atoms with van der Waals surface area (Å²) in [6.45, 7) is 5.98. The third kappa shape index (κ3) is 3.38. The quantitative estimate of drug-likeness (QED) is 0.800. The first-order valence-electron chi connectivity index (χ1n) is 5.87. The molecule has 4 nitrogen and oxygen atoms in total. The van der Waals surface area contributed by atoms with Crippen LogP contribution in [0.3, 0.4) is 0 Å². The van der Waals surface area contributed by atoms with E-state index in [0.29, 0.717) is 6.04 Å². The molecule has 0 fully saturated rings.